The van der Waals surface area contributed by atoms with Gasteiger partial charge in [-0.15, -0.1) is 0 Å². The summed E-state index contributed by atoms with van der Waals surface area (Å²) in [6, 6.07) is -0.621. The third kappa shape index (κ3) is 2.14. The smallest absolute Gasteiger partial charge is 0.312 e. The highest BCUT2D eigenvalue weighted by atomic mass is 16.2. The van der Waals surface area contributed by atoms with Crippen molar-refractivity contribution in [3.8, 4) is 0 Å². The van der Waals surface area contributed by atoms with E-state index < -0.39 is 11.6 Å². The molecule has 1 heterocycles. The molecule has 0 aromatic carbocycles. The van der Waals surface area contributed by atoms with E-state index >= 15 is 0 Å². The fourth-order valence-corrected chi connectivity index (χ4v) is 1.70. The minimum absolute atomic E-state index is 0.00981. The van der Waals surface area contributed by atoms with Crippen LogP contribution in [0.4, 0.5) is 4.79 Å². The number of piperidine rings is 1. The van der Waals surface area contributed by atoms with E-state index in [2.05, 4.69) is 10.2 Å². The number of carbonyl (C=O) groups is 1. The van der Waals surface area contributed by atoms with E-state index in [9.17, 15) is 4.79 Å². The summed E-state index contributed by atoms with van der Waals surface area (Å²) in [5.74, 6) is -0.00981. The molecule has 1 saturated heterocycles. The number of hydrogen-bond acceptors (Lipinski definition) is 3. The highest BCUT2D eigenvalue weighted by Gasteiger charge is 2.37. The number of nitrogens with zero attached hydrogens (tertiary/aromatic N) is 1. The van der Waals surface area contributed by atoms with Crippen LogP contribution in [0.1, 0.15) is 12.8 Å². The molecular weight excluding hydrogens is 182 g/mol. The predicted molar refractivity (Wildman–Crippen MR) is 54.1 cm³/mol. The van der Waals surface area contributed by atoms with Crippen molar-refractivity contribution >= 4 is 11.9 Å². The summed E-state index contributed by atoms with van der Waals surface area (Å²) in [7, 11) is 1.99. The number of amidine groups is 1. The van der Waals surface area contributed by atoms with Crippen molar-refractivity contribution in [3.63, 3.8) is 0 Å². The number of hydrogen-bond donors (Lipinski definition) is 4. The molecule has 6 heteroatoms. The van der Waals surface area contributed by atoms with Crippen LogP contribution < -0.4 is 16.8 Å². The lowest BCUT2D eigenvalue weighted by Gasteiger charge is -2.39. The van der Waals surface area contributed by atoms with Gasteiger partial charge in [0.25, 0.3) is 0 Å². The average molecular weight is 199 g/mol. The van der Waals surface area contributed by atoms with E-state index in [1.165, 1.54) is 0 Å². The summed E-state index contributed by atoms with van der Waals surface area (Å²) in [5, 5.41) is 10.1. The van der Waals surface area contributed by atoms with Crippen LogP contribution in [0.5, 0.6) is 0 Å². The van der Waals surface area contributed by atoms with Crippen molar-refractivity contribution in [3.05, 3.63) is 0 Å². The molecule has 0 saturated carbocycles. The Bertz CT molecular complexity index is 244. The second kappa shape index (κ2) is 3.83. The van der Waals surface area contributed by atoms with Crippen molar-refractivity contribution in [2.45, 2.75) is 18.4 Å². The monoisotopic (exact) mass is 199 g/mol. The zero-order valence-electron chi connectivity index (χ0n) is 8.34. The van der Waals surface area contributed by atoms with Gasteiger partial charge in [0.2, 0.25) is 0 Å². The van der Waals surface area contributed by atoms with E-state index in [1.807, 2.05) is 7.05 Å². The van der Waals surface area contributed by atoms with Gasteiger partial charge in [-0.1, -0.05) is 0 Å². The number of rotatable bonds is 2. The summed E-state index contributed by atoms with van der Waals surface area (Å²) in [6.07, 6.45) is 1.28. The van der Waals surface area contributed by atoms with Crippen LogP contribution in [0.15, 0.2) is 0 Å². The summed E-state index contributed by atoms with van der Waals surface area (Å²) < 4.78 is 0. The lowest BCUT2D eigenvalue weighted by Crippen LogP contribution is -2.62. The van der Waals surface area contributed by atoms with Crippen molar-refractivity contribution in [1.82, 2.24) is 10.2 Å². The van der Waals surface area contributed by atoms with Crippen LogP contribution in [-0.2, 0) is 0 Å². The van der Waals surface area contributed by atoms with Gasteiger partial charge in [-0.25, -0.2) is 4.79 Å². The first kappa shape index (κ1) is 10.8. The molecule has 80 valence electrons. The van der Waals surface area contributed by atoms with Crippen LogP contribution in [0.3, 0.4) is 0 Å². The Balaban J connectivity index is 2.73. The predicted octanol–water partition coefficient (Wildman–Crippen LogP) is -0.945. The topological polar surface area (TPSA) is 108 Å². The molecule has 1 rings (SSSR count). The molecule has 14 heavy (non-hydrogen) atoms. The first-order valence-electron chi connectivity index (χ1n) is 4.57. The first-order chi connectivity index (χ1) is 6.46. The van der Waals surface area contributed by atoms with Crippen LogP contribution in [0.25, 0.3) is 0 Å². The largest absolute Gasteiger partial charge is 0.386 e. The number of carbonyl (C=O) groups excluding carboxylic acids is 1. The van der Waals surface area contributed by atoms with E-state index in [0.717, 1.165) is 13.1 Å². The Morgan fingerprint density at radius 1 is 1.43 bits per heavy atom. The Morgan fingerprint density at radius 3 is 2.29 bits per heavy atom. The second-order valence-electron chi connectivity index (χ2n) is 3.79. The molecule has 0 aromatic rings. The number of nitrogens with two attached hydrogens (primary N) is 2. The maximum Gasteiger partial charge on any atom is 0.312 e. The molecule has 1 aliphatic rings. The molecule has 2 amide bonds. The van der Waals surface area contributed by atoms with Crippen molar-refractivity contribution in [1.29, 1.82) is 5.41 Å². The Morgan fingerprint density at radius 2 is 1.93 bits per heavy atom. The molecule has 0 unspecified atom stereocenters. The fourth-order valence-electron chi connectivity index (χ4n) is 1.70. The molecule has 1 aliphatic heterocycles. The number of nitrogens with one attached hydrogen (secondary N) is 2. The minimum Gasteiger partial charge on any atom is -0.386 e. The van der Waals surface area contributed by atoms with Gasteiger partial charge in [0.15, 0.2) is 0 Å². The first-order valence-corrected chi connectivity index (χ1v) is 4.57. The maximum atomic E-state index is 10.8. The zero-order valence-corrected chi connectivity index (χ0v) is 8.34. The van der Waals surface area contributed by atoms with Crippen molar-refractivity contribution in [2.24, 2.45) is 11.5 Å². The average Bonchev–Trinajstić information content (AvgIpc) is 2.08. The van der Waals surface area contributed by atoms with Gasteiger partial charge in [-0.05, 0) is 19.9 Å². The SMILES string of the molecule is CN1CCC(NC(N)=O)(C(=N)N)CC1. The molecule has 0 radical (unpaired) electrons. The minimum atomic E-state index is -0.724. The summed E-state index contributed by atoms with van der Waals surface area (Å²) in [5.41, 5.74) is 9.83. The molecule has 6 N–H and O–H groups in total. The number of likely N-dealkylation sites (tertiary alicyclic amines) is 1. The van der Waals surface area contributed by atoms with Gasteiger partial charge >= 0.3 is 6.03 Å². The van der Waals surface area contributed by atoms with Crippen molar-refractivity contribution < 1.29 is 4.79 Å². The number of urea groups is 1. The van der Waals surface area contributed by atoms with Crippen LogP contribution in [0, 0.1) is 5.41 Å². The quantitative estimate of drug-likeness (QED) is 0.340. The lowest BCUT2D eigenvalue weighted by atomic mass is 9.86. The van der Waals surface area contributed by atoms with E-state index in [1.54, 1.807) is 0 Å². The zero-order chi connectivity index (χ0) is 10.8. The fraction of sp³-hybridized carbons (Fsp3) is 0.750. The Hall–Kier alpha value is -1.30. The summed E-state index contributed by atoms with van der Waals surface area (Å²) in [4.78, 5) is 12.9. The highest BCUT2D eigenvalue weighted by molar-refractivity contribution is 5.91. The van der Waals surface area contributed by atoms with E-state index in [4.69, 9.17) is 16.9 Å². The maximum absolute atomic E-state index is 10.8. The molecule has 0 aromatic heterocycles. The van der Waals surface area contributed by atoms with Crippen molar-refractivity contribution in [2.75, 3.05) is 20.1 Å². The molecule has 6 nitrogen and oxygen atoms in total. The molecule has 1 fully saturated rings. The normalized spacial score (nSPS) is 21.5. The third-order valence-corrected chi connectivity index (χ3v) is 2.72. The van der Waals surface area contributed by atoms with Gasteiger partial charge in [-0.3, -0.25) is 5.41 Å². The summed E-state index contributed by atoms with van der Waals surface area (Å²) >= 11 is 0. The highest BCUT2D eigenvalue weighted by Crippen LogP contribution is 2.21. The van der Waals surface area contributed by atoms with Crippen LogP contribution in [0.2, 0.25) is 0 Å². The number of primary amides is 1. The molecule has 0 atom stereocenters. The van der Waals surface area contributed by atoms with E-state index in [0.29, 0.717) is 12.8 Å². The summed E-state index contributed by atoms with van der Waals surface area (Å²) in [6.45, 7) is 1.61. The van der Waals surface area contributed by atoms with Gasteiger partial charge in [0.1, 0.15) is 11.4 Å². The van der Waals surface area contributed by atoms with Gasteiger partial charge in [0.05, 0.1) is 0 Å². The Kier molecular flexibility index (Phi) is 2.95. The lowest BCUT2D eigenvalue weighted by molar-refractivity contribution is 0.196. The van der Waals surface area contributed by atoms with Crippen LogP contribution in [-0.4, -0.2) is 42.4 Å². The second-order valence-corrected chi connectivity index (χ2v) is 3.79. The molecular formula is C8H17N5O. The van der Waals surface area contributed by atoms with Gasteiger partial charge < -0.3 is 21.7 Å². The molecule has 0 bridgehead atoms. The molecule has 0 spiro atoms. The van der Waals surface area contributed by atoms with Gasteiger partial charge in [-0.2, -0.15) is 0 Å². The van der Waals surface area contributed by atoms with Crippen LogP contribution >= 0.6 is 0 Å². The van der Waals surface area contributed by atoms with E-state index in [-0.39, 0.29) is 5.84 Å². The Labute approximate surface area is 83.1 Å². The van der Waals surface area contributed by atoms with Gasteiger partial charge in [0, 0.05) is 13.1 Å². The third-order valence-electron chi connectivity index (χ3n) is 2.72. The standard InChI is InChI=1S/C8H17N5O/c1-13-4-2-8(3-5-13,6(9)10)12-7(11)14/h2-5H2,1H3,(H3,9,10)(H3,11,12,14). The number of amides is 2. The molecule has 0 aliphatic carbocycles.